The number of ether oxygens (including phenoxy) is 1. The third kappa shape index (κ3) is 5.01. The van der Waals surface area contributed by atoms with E-state index in [0.717, 1.165) is 31.4 Å². The van der Waals surface area contributed by atoms with Gasteiger partial charge in [-0.3, -0.25) is 14.6 Å². The molecule has 2 amide bonds. The molecular formula is C21H30N6O3. The van der Waals surface area contributed by atoms with Crippen LogP contribution in [0.4, 0.5) is 10.6 Å². The lowest BCUT2D eigenvalue weighted by Gasteiger charge is -2.36. The maximum atomic E-state index is 12.4. The fraction of sp³-hybridized carbons (Fsp3) is 0.619. The molecule has 9 nitrogen and oxygen atoms in total. The summed E-state index contributed by atoms with van der Waals surface area (Å²) < 4.78 is 7.38. The molecule has 2 aliphatic rings. The molecule has 162 valence electrons. The van der Waals surface area contributed by atoms with Crippen LogP contribution in [0.1, 0.15) is 63.0 Å². The zero-order valence-corrected chi connectivity index (χ0v) is 17.4. The number of hydrogen-bond acceptors (Lipinski definition) is 5. The first kappa shape index (κ1) is 20.4. The second-order valence-corrected chi connectivity index (χ2v) is 8.35. The molecule has 0 radical (unpaired) electrons. The average molecular weight is 415 g/mol. The van der Waals surface area contributed by atoms with Crippen molar-refractivity contribution in [1.29, 1.82) is 0 Å². The Morgan fingerprint density at radius 3 is 2.83 bits per heavy atom. The number of carbonyl (C=O) groups is 2. The Morgan fingerprint density at radius 2 is 2.10 bits per heavy atom. The van der Waals surface area contributed by atoms with Crippen LogP contribution in [0, 0.1) is 0 Å². The summed E-state index contributed by atoms with van der Waals surface area (Å²) >= 11 is 0. The van der Waals surface area contributed by atoms with Gasteiger partial charge in [-0.2, -0.15) is 10.2 Å². The van der Waals surface area contributed by atoms with E-state index in [-0.39, 0.29) is 24.0 Å². The average Bonchev–Trinajstić information content (AvgIpc) is 3.41. The standard InChI is InChI=1S/C21H30N6O3/c1-26(16-6-3-2-4-7-16)21(29)30-17-12-15(13-17)18-14-19(25-24-18)23-20(28)8-11-27-10-5-9-22-27/h5,9-10,14-17H,2-4,6-8,11-13H2,1H3,(H2,23,24,25,28)/t15-,17+. The van der Waals surface area contributed by atoms with Gasteiger partial charge in [-0.1, -0.05) is 19.3 Å². The van der Waals surface area contributed by atoms with Crippen LogP contribution in [0.25, 0.3) is 0 Å². The number of aromatic amines is 1. The van der Waals surface area contributed by atoms with E-state index in [0.29, 0.717) is 24.8 Å². The minimum absolute atomic E-state index is 0.0580. The molecule has 0 unspecified atom stereocenters. The molecule has 2 aromatic heterocycles. The highest BCUT2D eigenvalue weighted by Crippen LogP contribution is 2.39. The highest BCUT2D eigenvalue weighted by molar-refractivity contribution is 5.89. The summed E-state index contributed by atoms with van der Waals surface area (Å²) in [4.78, 5) is 26.2. The van der Waals surface area contributed by atoms with Crippen molar-refractivity contribution in [3.05, 3.63) is 30.2 Å². The zero-order chi connectivity index (χ0) is 20.9. The summed E-state index contributed by atoms with van der Waals surface area (Å²) in [5, 5.41) is 14.1. The van der Waals surface area contributed by atoms with Crippen molar-refractivity contribution in [3.63, 3.8) is 0 Å². The minimum Gasteiger partial charge on any atom is -0.446 e. The molecule has 2 N–H and O–H groups in total. The van der Waals surface area contributed by atoms with Crippen LogP contribution in [-0.2, 0) is 16.1 Å². The lowest BCUT2D eigenvalue weighted by atomic mass is 9.80. The van der Waals surface area contributed by atoms with E-state index in [1.807, 2.05) is 25.4 Å². The first-order valence-corrected chi connectivity index (χ1v) is 10.8. The van der Waals surface area contributed by atoms with Crippen LogP contribution in [0.5, 0.6) is 0 Å². The van der Waals surface area contributed by atoms with E-state index in [1.165, 1.54) is 19.3 Å². The van der Waals surface area contributed by atoms with Crippen LogP contribution in [0.15, 0.2) is 24.5 Å². The third-order valence-electron chi connectivity index (χ3n) is 6.19. The van der Waals surface area contributed by atoms with Gasteiger partial charge in [0, 0.05) is 50.4 Å². The summed E-state index contributed by atoms with van der Waals surface area (Å²) in [7, 11) is 1.85. The van der Waals surface area contributed by atoms with Crippen molar-refractivity contribution in [2.24, 2.45) is 0 Å². The molecule has 30 heavy (non-hydrogen) atoms. The van der Waals surface area contributed by atoms with Gasteiger partial charge >= 0.3 is 6.09 Å². The molecule has 2 heterocycles. The molecule has 0 bridgehead atoms. The number of aromatic nitrogens is 4. The molecule has 0 atom stereocenters. The molecule has 4 rings (SSSR count). The van der Waals surface area contributed by atoms with Crippen molar-refractivity contribution in [2.75, 3.05) is 12.4 Å². The van der Waals surface area contributed by atoms with Gasteiger partial charge < -0.3 is 15.0 Å². The van der Waals surface area contributed by atoms with Crippen LogP contribution < -0.4 is 5.32 Å². The third-order valence-corrected chi connectivity index (χ3v) is 6.19. The quantitative estimate of drug-likeness (QED) is 0.723. The van der Waals surface area contributed by atoms with Gasteiger partial charge in [0.25, 0.3) is 0 Å². The SMILES string of the molecule is CN(C(=O)O[C@H]1C[C@@H](c2cc(NC(=O)CCn3cccn3)[nH]n2)C1)C1CCCCC1. The van der Waals surface area contributed by atoms with Crippen molar-refractivity contribution in [1.82, 2.24) is 24.9 Å². The lowest BCUT2D eigenvalue weighted by Crippen LogP contribution is -2.42. The summed E-state index contributed by atoms with van der Waals surface area (Å²) in [6.45, 7) is 0.533. The highest BCUT2D eigenvalue weighted by Gasteiger charge is 2.36. The number of nitrogens with one attached hydrogen (secondary N) is 2. The van der Waals surface area contributed by atoms with Gasteiger partial charge in [0.2, 0.25) is 5.91 Å². The summed E-state index contributed by atoms with van der Waals surface area (Å²) in [5.74, 6) is 0.744. The maximum absolute atomic E-state index is 12.4. The van der Waals surface area contributed by atoms with Crippen LogP contribution in [0.3, 0.4) is 0 Å². The van der Waals surface area contributed by atoms with Gasteiger partial charge in [0.05, 0.1) is 5.69 Å². The van der Waals surface area contributed by atoms with E-state index in [4.69, 9.17) is 4.74 Å². The molecule has 2 saturated carbocycles. The van der Waals surface area contributed by atoms with E-state index < -0.39 is 0 Å². The van der Waals surface area contributed by atoms with Gasteiger partial charge in [-0.15, -0.1) is 0 Å². The second kappa shape index (κ2) is 9.32. The fourth-order valence-corrected chi connectivity index (χ4v) is 4.22. The monoisotopic (exact) mass is 414 g/mol. The first-order valence-electron chi connectivity index (χ1n) is 10.8. The summed E-state index contributed by atoms with van der Waals surface area (Å²) in [5.41, 5.74) is 0.894. The number of carbonyl (C=O) groups excluding carboxylic acids is 2. The van der Waals surface area contributed by atoms with E-state index in [9.17, 15) is 9.59 Å². The molecule has 0 saturated heterocycles. The number of anilines is 1. The Morgan fingerprint density at radius 1 is 1.30 bits per heavy atom. The van der Waals surface area contributed by atoms with E-state index >= 15 is 0 Å². The number of amides is 2. The Hall–Kier alpha value is -2.84. The van der Waals surface area contributed by atoms with E-state index in [1.54, 1.807) is 15.8 Å². The molecule has 0 spiro atoms. The normalized spacial score (nSPS) is 21.6. The molecular weight excluding hydrogens is 384 g/mol. The van der Waals surface area contributed by atoms with Gasteiger partial charge in [-0.25, -0.2) is 4.79 Å². The molecule has 2 aliphatic carbocycles. The predicted molar refractivity (Wildman–Crippen MR) is 111 cm³/mol. The predicted octanol–water partition coefficient (Wildman–Crippen LogP) is 3.28. The van der Waals surface area contributed by atoms with Crippen molar-refractivity contribution in [3.8, 4) is 0 Å². The topological polar surface area (TPSA) is 105 Å². The smallest absolute Gasteiger partial charge is 0.410 e. The number of rotatable bonds is 7. The van der Waals surface area contributed by atoms with Crippen LogP contribution in [0.2, 0.25) is 0 Å². The van der Waals surface area contributed by atoms with Gasteiger partial charge in [0.1, 0.15) is 11.9 Å². The Bertz CT molecular complexity index is 837. The van der Waals surface area contributed by atoms with Crippen molar-refractivity contribution >= 4 is 17.8 Å². The van der Waals surface area contributed by atoms with Gasteiger partial charge in [-0.05, 0) is 31.7 Å². The Balaban J connectivity index is 1.18. The number of nitrogens with zero attached hydrogens (tertiary/aromatic N) is 4. The second-order valence-electron chi connectivity index (χ2n) is 8.35. The first-order chi connectivity index (χ1) is 14.6. The molecule has 2 fully saturated rings. The largest absolute Gasteiger partial charge is 0.446 e. The van der Waals surface area contributed by atoms with Crippen LogP contribution in [-0.4, -0.2) is 56.1 Å². The molecule has 0 aromatic carbocycles. The lowest BCUT2D eigenvalue weighted by molar-refractivity contribution is -0.116. The molecule has 9 heteroatoms. The van der Waals surface area contributed by atoms with E-state index in [2.05, 4.69) is 20.6 Å². The number of hydrogen-bond donors (Lipinski definition) is 2. The maximum Gasteiger partial charge on any atom is 0.410 e. The molecule has 2 aromatic rings. The summed E-state index contributed by atoms with van der Waals surface area (Å²) in [6, 6.07) is 4.01. The zero-order valence-electron chi connectivity index (χ0n) is 17.4. The van der Waals surface area contributed by atoms with Crippen molar-refractivity contribution < 1.29 is 14.3 Å². The van der Waals surface area contributed by atoms with Crippen LogP contribution >= 0.6 is 0 Å². The van der Waals surface area contributed by atoms with Crippen molar-refractivity contribution in [2.45, 2.75) is 76.0 Å². The fourth-order valence-electron chi connectivity index (χ4n) is 4.22. The number of H-pyrrole nitrogens is 1. The Kier molecular flexibility index (Phi) is 6.35. The molecule has 0 aliphatic heterocycles. The summed E-state index contributed by atoms with van der Waals surface area (Å²) in [6.07, 6.45) is 10.9. The highest BCUT2D eigenvalue weighted by atomic mass is 16.6. The number of aryl methyl sites for hydroxylation is 1. The Labute approximate surface area is 176 Å². The minimum atomic E-state index is -0.211. The van der Waals surface area contributed by atoms with Gasteiger partial charge in [0.15, 0.2) is 0 Å².